The van der Waals surface area contributed by atoms with Gasteiger partial charge in [0.05, 0.1) is 12.8 Å². The summed E-state index contributed by atoms with van der Waals surface area (Å²) >= 11 is 0. The highest BCUT2D eigenvalue weighted by atomic mass is 16.5. The van der Waals surface area contributed by atoms with Crippen molar-refractivity contribution in [2.75, 3.05) is 20.3 Å². The van der Waals surface area contributed by atoms with E-state index in [0.717, 1.165) is 50.5 Å². The number of aldehydes is 1. The van der Waals surface area contributed by atoms with Gasteiger partial charge in [0.1, 0.15) is 12.4 Å². The van der Waals surface area contributed by atoms with Crippen LogP contribution in [0.2, 0.25) is 0 Å². The van der Waals surface area contributed by atoms with Crippen LogP contribution in [0.1, 0.15) is 88.5 Å². The largest absolute Gasteiger partial charge is 0.497 e. The third-order valence-corrected chi connectivity index (χ3v) is 4.21. The topological polar surface area (TPSA) is 68.1 Å². The zero-order valence-electron chi connectivity index (χ0n) is 29.9. The summed E-state index contributed by atoms with van der Waals surface area (Å²) in [6.45, 7) is 37.9. The molecule has 0 amide bonds. The van der Waals surface area contributed by atoms with Crippen LogP contribution in [-0.2, 0) is 14.3 Å². The number of ether oxygens (including phenoxy) is 2. The first-order chi connectivity index (χ1) is 20.9. The molecule has 0 saturated heterocycles. The average molecular weight is 604 g/mol. The molecule has 0 aromatic heterocycles. The predicted molar refractivity (Wildman–Crippen MR) is 198 cm³/mol. The third-order valence-electron chi connectivity index (χ3n) is 4.21. The SMILES string of the molecule is C=C.C=CC(C)/C=C/OC/C=C/C.C=CC/C=C/C(=C/C)C(=C\C)/OC(C=O)CCC.C=NC/C=C/C.CC.CC.CO. The maximum absolute atomic E-state index is 10.9. The molecule has 0 aliphatic carbocycles. The molecule has 2 unspecified atom stereocenters. The van der Waals surface area contributed by atoms with Gasteiger partial charge in [-0.05, 0) is 65.3 Å². The standard InChI is InChI=1S/C16H24O2.C10H16O.C5H9N.2C2H6.C2H4.CH4O/c1-5-9-10-12-14(7-3)16(8-4)18-15(13-17)11-6-2;1-4-6-8-11-9-7-10(3)5-2;1-3-4-5-6-2;4*1-2/h5,7-8,10,12-13,15H,1,6,9,11H2,2-4H3;4-7,9-10H,2,8H2,1,3H3;3-4H,2,5H2,1H3;2*1-2H3;1-2H2;2H,1H3/b12-10+,14-7-,16-8+;6-4+,9-7+;4-3+;;;;. The van der Waals surface area contributed by atoms with Crippen LogP contribution in [0, 0.1) is 5.92 Å². The number of carbonyl (C=O) groups excluding carboxylic acids is 1. The summed E-state index contributed by atoms with van der Waals surface area (Å²) in [7, 11) is 1.00. The second-order valence-electron chi connectivity index (χ2n) is 7.21. The number of nitrogens with zero attached hydrogens (tertiary/aromatic N) is 1. The van der Waals surface area contributed by atoms with Gasteiger partial charge < -0.3 is 14.6 Å². The van der Waals surface area contributed by atoms with Crippen molar-refractivity contribution < 1.29 is 19.4 Å². The minimum atomic E-state index is -0.357. The second kappa shape index (κ2) is 62.3. The van der Waals surface area contributed by atoms with Crippen molar-refractivity contribution in [2.24, 2.45) is 10.9 Å². The predicted octanol–water partition coefficient (Wildman–Crippen LogP) is 11.0. The van der Waals surface area contributed by atoms with Gasteiger partial charge in [-0.3, -0.25) is 9.79 Å². The van der Waals surface area contributed by atoms with Gasteiger partial charge in [0, 0.05) is 12.7 Å². The van der Waals surface area contributed by atoms with E-state index in [2.05, 4.69) is 44.9 Å². The van der Waals surface area contributed by atoms with E-state index in [1.165, 1.54) is 0 Å². The molecule has 43 heavy (non-hydrogen) atoms. The lowest BCUT2D eigenvalue weighted by Crippen LogP contribution is -2.14. The van der Waals surface area contributed by atoms with Crippen molar-refractivity contribution in [1.29, 1.82) is 0 Å². The molecule has 2 atom stereocenters. The number of hydrogen-bond donors (Lipinski definition) is 1. The van der Waals surface area contributed by atoms with Crippen molar-refractivity contribution >= 4 is 13.0 Å². The first-order valence-electron chi connectivity index (χ1n) is 15.2. The van der Waals surface area contributed by atoms with Gasteiger partial charge >= 0.3 is 0 Å². The molecule has 0 heterocycles. The summed E-state index contributed by atoms with van der Waals surface area (Å²) in [5, 5.41) is 7.00. The van der Waals surface area contributed by atoms with Gasteiger partial charge in [-0.1, -0.05) is 103 Å². The summed E-state index contributed by atoms with van der Waals surface area (Å²) in [4.78, 5) is 14.5. The Morgan fingerprint density at radius 1 is 0.930 bits per heavy atom. The summed E-state index contributed by atoms with van der Waals surface area (Å²) in [5.74, 6) is 1.14. The number of allylic oxidation sites excluding steroid dienone is 9. The molecule has 0 aliphatic rings. The highest BCUT2D eigenvalue weighted by Crippen LogP contribution is 2.17. The maximum atomic E-state index is 10.9. The first-order valence-corrected chi connectivity index (χ1v) is 15.2. The lowest BCUT2D eigenvalue weighted by atomic mass is 10.1. The van der Waals surface area contributed by atoms with E-state index in [1.54, 1.807) is 6.26 Å². The maximum Gasteiger partial charge on any atom is 0.160 e. The van der Waals surface area contributed by atoms with Gasteiger partial charge in [0.15, 0.2) is 12.4 Å². The number of aliphatic imine (C=N–C) groups is 1. The summed E-state index contributed by atoms with van der Waals surface area (Å²) in [6, 6.07) is 0. The molecule has 5 nitrogen and oxygen atoms in total. The molecule has 1 N–H and O–H groups in total. The van der Waals surface area contributed by atoms with E-state index in [1.807, 2.05) is 129 Å². The Hall–Kier alpha value is -3.44. The van der Waals surface area contributed by atoms with Crippen molar-refractivity contribution in [3.05, 3.63) is 111 Å². The van der Waals surface area contributed by atoms with Crippen LogP contribution in [0.15, 0.2) is 116 Å². The molecule has 250 valence electrons. The number of hydrogen-bond acceptors (Lipinski definition) is 5. The number of rotatable bonds is 16. The van der Waals surface area contributed by atoms with E-state index in [9.17, 15) is 4.79 Å². The lowest BCUT2D eigenvalue weighted by Gasteiger charge is -2.16. The third kappa shape index (κ3) is 55.2. The Kier molecular flexibility index (Phi) is 80.3. The molecule has 0 spiro atoms. The molecule has 0 fully saturated rings. The number of carbonyl (C=O) groups is 1. The fraction of sp³-hybridized carbons (Fsp3) is 0.474. The average Bonchev–Trinajstić information content (AvgIpc) is 3.08. The molecule has 0 saturated carbocycles. The van der Waals surface area contributed by atoms with Gasteiger partial charge in [-0.15, -0.1) is 26.3 Å². The van der Waals surface area contributed by atoms with E-state index < -0.39 is 0 Å². The second-order valence-corrected chi connectivity index (χ2v) is 7.21. The van der Waals surface area contributed by atoms with E-state index in [0.29, 0.717) is 12.5 Å². The zero-order chi connectivity index (χ0) is 35.2. The molecule has 0 radical (unpaired) electrons. The van der Waals surface area contributed by atoms with Gasteiger partial charge in [0.2, 0.25) is 0 Å². The van der Waals surface area contributed by atoms with Crippen LogP contribution in [0.3, 0.4) is 0 Å². The molecule has 0 aromatic rings. The van der Waals surface area contributed by atoms with Crippen molar-refractivity contribution in [3.63, 3.8) is 0 Å². The monoisotopic (exact) mass is 604 g/mol. The Labute approximate surface area is 268 Å². The van der Waals surface area contributed by atoms with Gasteiger partial charge in [-0.2, -0.15) is 0 Å². The van der Waals surface area contributed by atoms with E-state index in [-0.39, 0.29) is 6.10 Å². The van der Waals surface area contributed by atoms with Gasteiger partial charge in [0.25, 0.3) is 0 Å². The van der Waals surface area contributed by atoms with Crippen LogP contribution in [0.25, 0.3) is 0 Å². The summed E-state index contributed by atoms with van der Waals surface area (Å²) < 4.78 is 10.9. The Balaban J connectivity index is -0.0000000882. The Morgan fingerprint density at radius 2 is 1.49 bits per heavy atom. The smallest absolute Gasteiger partial charge is 0.160 e. The molecule has 0 aromatic carbocycles. The van der Waals surface area contributed by atoms with Crippen LogP contribution in [0.4, 0.5) is 0 Å². The zero-order valence-corrected chi connectivity index (χ0v) is 29.9. The van der Waals surface area contributed by atoms with Crippen LogP contribution in [0.5, 0.6) is 0 Å². The normalized spacial score (nSPS) is 11.5. The molecular weight excluding hydrogens is 534 g/mol. The molecular formula is C38H69NO4. The lowest BCUT2D eigenvalue weighted by molar-refractivity contribution is -0.116. The van der Waals surface area contributed by atoms with E-state index in [4.69, 9.17) is 14.6 Å². The minimum Gasteiger partial charge on any atom is -0.497 e. The summed E-state index contributed by atoms with van der Waals surface area (Å²) in [6.07, 6.45) is 26.1. The van der Waals surface area contributed by atoms with Crippen LogP contribution < -0.4 is 0 Å². The molecule has 0 rings (SSSR count). The summed E-state index contributed by atoms with van der Waals surface area (Å²) in [5.41, 5.74) is 0.988. The number of aliphatic hydroxyl groups excluding tert-OH is 1. The highest BCUT2D eigenvalue weighted by Gasteiger charge is 2.10. The Bertz CT molecular complexity index is 728. The fourth-order valence-corrected chi connectivity index (χ4v) is 2.16. The van der Waals surface area contributed by atoms with Crippen LogP contribution in [-0.4, -0.2) is 44.5 Å². The van der Waals surface area contributed by atoms with Crippen molar-refractivity contribution in [2.45, 2.75) is 94.6 Å². The molecule has 0 bridgehead atoms. The quantitative estimate of drug-likeness (QED) is 0.0476. The highest BCUT2D eigenvalue weighted by molar-refractivity contribution is 5.56. The minimum absolute atomic E-state index is 0.357. The van der Waals surface area contributed by atoms with Gasteiger partial charge in [-0.25, -0.2) is 0 Å². The van der Waals surface area contributed by atoms with Crippen molar-refractivity contribution in [3.8, 4) is 0 Å². The Morgan fingerprint density at radius 3 is 1.84 bits per heavy atom. The fourth-order valence-electron chi connectivity index (χ4n) is 2.16. The number of aliphatic hydroxyl groups is 1. The van der Waals surface area contributed by atoms with E-state index >= 15 is 0 Å². The molecule has 5 heteroatoms. The molecule has 0 aliphatic heterocycles. The van der Waals surface area contributed by atoms with Crippen LogP contribution >= 0.6 is 0 Å². The first kappa shape index (κ1) is 55.5. The van der Waals surface area contributed by atoms with Crippen molar-refractivity contribution in [1.82, 2.24) is 0 Å².